The summed E-state index contributed by atoms with van der Waals surface area (Å²) in [6.07, 6.45) is 0.782. The molecule has 1 aromatic rings. The van der Waals surface area contributed by atoms with Crippen molar-refractivity contribution >= 4 is 6.01 Å². The van der Waals surface area contributed by atoms with Gasteiger partial charge in [-0.25, -0.2) is 5.01 Å². The van der Waals surface area contributed by atoms with E-state index in [0.717, 1.165) is 32.6 Å². The molecule has 1 fully saturated rings. The van der Waals surface area contributed by atoms with Gasteiger partial charge in [0.05, 0.1) is 0 Å². The number of piperazine rings is 1. The van der Waals surface area contributed by atoms with Gasteiger partial charge in [0.1, 0.15) is 0 Å². The predicted molar refractivity (Wildman–Crippen MR) is 51.6 cm³/mol. The monoisotopic (exact) mass is 197 g/mol. The molecular weight excluding hydrogens is 182 g/mol. The number of aryl methyl sites for hydroxylation is 1. The van der Waals surface area contributed by atoms with Gasteiger partial charge < -0.3 is 9.32 Å². The lowest BCUT2D eigenvalue weighted by Gasteiger charge is -2.30. The minimum absolute atomic E-state index is 0.620. The third-order valence-electron chi connectivity index (χ3n) is 2.34. The van der Waals surface area contributed by atoms with Gasteiger partial charge in [-0.05, 0) is 0 Å². The molecule has 6 heteroatoms. The molecule has 0 saturated carbocycles. The summed E-state index contributed by atoms with van der Waals surface area (Å²) < 4.78 is 5.45. The van der Waals surface area contributed by atoms with Crippen LogP contribution in [0.1, 0.15) is 12.8 Å². The Hall–Kier alpha value is -1.14. The summed E-state index contributed by atoms with van der Waals surface area (Å²) in [5.74, 6) is 6.34. The molecule has 0 spiro atoms. The average molecular weight is 197 g/mol. The van der Waals surface area contributed by atoms with E-state index in [1.165, 1.54) is 0 Å². The predicted octanol–water partition coefficient (Wildman–Crippen LogP) is -0.372. The van der Waals surface area contributed by atoms with Crippen molar-refractivity contribution in [2.75, 3.05) is 31.1 Å². The lowest BCUT2D eigenvalue weighted by Crippen LogP contribution is -2.49. The lowest BCUT2D eigenvalue weighted by atomic mass is 10.4. The zero-order valence-electron chi connectivity index (χ0n) is 8.31. The number of aromatic nitrogens is 2. The molecule has 2 N–H and O–H groups in total. The van der Waals surface area contributed by atoms with E-state index in [-0.39, 0.29) is 0 Å². The number of hydrogen-bond acceptors (Lipinski definition) is 6. The number of hydrazine groups is 1. The first-order valence-electron chi connectivity index (χ1n) is 4.86. The molecule has 0 atom stereocenters. The first-order valence-corrected chi connectivity index (χ1v) is 4.86. The molecule has 0 aromatic carbocycles. The van der Waals surface area contributed by atoms with Crippen LogP contribution >= 0.6 is 0 Å². The van der Waals surface area contributed by atoms with E-state index in [1.807, 2.05) is 6.92 Å². The SMILES string of the molecule is CCc1nnc(N2CCN(N)CC2)o1. The number of hydrogen-bond donors (Lipinski definition) is 1. The summed E-state index contributed by atoms with van der Waals surface area (Å²) in [5, 5.41) is 9.71. The fraction of sp³-hybridized carbons (Fsp3) is 0.750. The Morgan fingerprint density at radius 2 is 2.00 bits per heavy atom. The molecule has 6 nitrogen and oxygen atoms in total. The lowest BCUT2D eigenvalue weighted by molar-refractivity contribution is 0.260. The van der Waals surface area contributed by atoms with Crippen LogP contribution in [0.5, 0.6) is 0 Å². The van der Waals surface area contributed by atoms with Crippen molar-refractivity contribution in [3.8, 4) is 0 Å². The minimum Gasteiger partial charge on any atom is -0.408 e. The fourth-order valence-electron chi connectivity index (χ4n) is 1.43. The maximum atomic E-state index is 5.65. The molecule has 0 amide bonds. The van der Waals surface area contributed by atoms with Crippen LogP contribution in [0.3, 0.4) is 0 Å². The van der Waals surface area contributed by atoms with Crippen LogP contribution in [0.25, 0.3) is 0 Å². The number of nitrogens with two attached hydrogens (primary N) is 1. The van der Waals surface area contributed by atoms with Crippen LogP contribution in [-0.2, 0) is 6.42 Å². The average Bonchev–Trinajstić information content (AvgIpc) is 2.67. The van der Waals surface area contributed by atoms with Crippen molar-refractivity contribution in [3.05, 3.63) is 5.89 Å². The second-order valence-electron chi connectivity index (χ2n) is 3.35. The van der Waals surface area contributed by atoms with Gasteiger partial charge in [-0.2, -0.15) is 0 Å². The van der Waals surface area contributed by atoms with E-state index in [4.69, 9.17) is 10.3 Å². The van der Waals surface area contributed by atoms with Crippen LogP contribution in [0.2, 0.25) is 0 Å². The molecular formula is C8H15N5O. The van der Waals surface area contributed by atoms with Gasteiger partial charge in [-0.15, -0.1) is 5.10 Å². The van der Waals surface area contributed by atoms with Crippen molar-refractivity contribution in [2.24, 2.45) is 5.84 Å². The number of anilines is 1. The van der Waals surface area contributed by atoms with E-state index >= 15 is 0 Å². The van der Waals surface area contributed by atoms with Crippen molar-refractivity contribution in [1.29, 1.82) is 0 Å². The molecule has 0 unspecified atom stereocenters. The maximum Gasteiger partial charge on any atom is 0.318 e. The Balaban J connectivity index is 2.01. The molecule has 0 aliphatic carbocycles. The van der Waals surface area contributed by atoms with Gasteiger partial charge in [0.15, 0.2) is 0 Å². The fourth-order valence-corrected chi connectivity index (χ4v) is 1.43. The Kier molecular flexibility index (Phi) is 2.64. The second-order valence-corrected chi connectivity index (χ2v) is 3.35. The molecule has 0 bridgehead atoms. The highest BCUT2D eigenvalue weighted by atomic mass is 16.4. The molecule has 1 saturated heterocycles. The zero-order chi connectivity index (χ0) is 9.97. The highest BCUT2D eigenvalue weighted by Crippen LogP contribution is 2.13. The quantitative estimate of drug-likeness (QED) is 0.652. The number of rotatable bonds is 2. The Labute approximate surface area is 82.6 Å². The molecule has 14 heavy (non-hydrogen) atoms. The summed E-state index contributed by atoms with van der Waals surface area (Å²) in [4.78, 5) is 2.06. The highest BCUT2D eigenvalue weighted by molar-refractivity contribution is 5.24. The maximum absolute atomic E-state index is 5.65. The summed E-state index contributed by atoms with van der Waals surface area (Å²) in [6, 6.07) is 0.620. The first-order chi connectivity index (χ1) is 6.79. The molecule has 78 valence electrons. The zero-order valence-corrected chi connectivity index (χ0v) is 8.31. The summed E-state index contributed by atoms with van der Waals surface area (Å²) in [7, 11) is 0. The largest absolute Gasteiger partial charge is 0.408 e. The van der Waals surface area contributed by atoms with Crippen LogP contribution in [-0.4, -0.2) is 41.4 Å². The molecule has 0 radical (unpaired) electrons. The first kappa shape index (κ1) is 9.42. The normalized spacial score (nSPS) is 18.9. The Morgan fingerprint density at radius 3 is 2.57 bits per heavy atom. The molecule has 2 heterocycles. The Bertz CT molecular complexity index is 292. The van der Waals surface area contributed by atoms with Crippen molar-refractivity contribution < 1.29 is 4.42 Å². The van der Waals surface area contributed by atoms with Crippen molar-refractivity contribution in [2.45, 2.75) is 13.3 Å². The van der Waals surface area contributed by atoms with E-state index in [1.54, 1.807) is 5.01 Å². The minimum atomic E-state index is 0.620. The Morgan fingerprint density at radius 1 is 1.29 bits per heavy atom. The third kappa shape index (κ3) is 1.85. The van der Waals surface area contributed by atoms with E-state index in [9.17, 15) is 0 Å². The summed E-state index contributed by atoms with van der Waals surface area (Å²) >= 11 is 0. The van der Waals surface area contributed by atoms with Crippen LogP contribution < -0.4 is 10.7 Å². The van der Waals surface area contributed by atoms with Crippen LogP contribution in [0, 0.1) is 0 Å². The van der Waals surface area contributed by atoms with Gasteiger partial charge in [0.2, 0.25) is 5.89 Å². The standard InChI is InChI=1S/C8H15N5O/c1-2-7-10-11-8(14-7)12-3-5-13(9)6-4-12/h2-6,9H2,1H3. The van der Waals surface area contributed by atoms with Gasteiger partial charge in [0, 0.05) is 32.6 Å². The molecule has 2 rings (SSSR count). The second kappa shape index (κ2) is 3.93. The third-order valence-corrected chi connectivity index (χ3v) is 2.34. The smallest absolute Gasteiger partial charge is 0.318 e. The van der Waals surface area contributed by atoms with Gasteiger partial charge in [-0.3, -0.25) is 5.84 Å². The van der Waals surface area contributed by atoms with Gasteiger partial charge in [-0.1, -0.05) is 12.0 Å². The van der Waals surface area contributed by atoms with E-state index in [0.29, 0.717) is 11.9 Å². The summed E-state index contributed by atoms with van der Waals surface area (Å²) in [6.45, 7) is 5.37. The summed E-state index contributed by atoms with van der Waals surface area (Å²) in [5.41, 5.74) is 0. The molecule has 1 aliphatic heterocycles. The van der Waals surface area contributed by atoms with Crippen molar-refractivity contribution in [1.82, 2.24) is 15.2 Å². The van der Waals surface area contributed by atoms with Crippen LogP contribution in [0.4, 0.5) is 6.01 Å². The highest BCUT2D eigenvalue weighted by Gasteiger charge is 2.18. The number of nitrogens with zero attached hydrogens (tertiary/aromatic N) is 4. The van der Waals surface area contributed by atoms with E-state index in [2.05, 4.69) is 15.1 Å². The van der Waals surface area contributed by atoms with Crippen molar-refractivity contribution in [3.63, 3.8) is 0 Å². The van der Waals surface area contributed by atoms with Gasteiger partial charge in [0.25, 0.3) is 0 Å². The molecule has 1 aromatic heterocycles. The molecule has 1 aliphatic rings. The van der Waals surface area contributed by atoms with Crippen LogP contribution in [0.15, 0.2) is 4.42 Å². The van der Waals surface area contributed by atoms with Gasteiger partial charge >= 0.3 is 6.01 Å². The van der Waals surface area contributed by atoms with E-state index < -0.39 is 0 Å². The topological polar surface area (TPSA) is 71.4 Å².